The number of alkyl halides is 6. The van der Waals surface area contributed by atoms with Crippen molar-refractivity contribution in [3.63, 3.8) is 0 Å². The van der Waals surface area contributed by atoms with Gasteiger partial charge in [0, 0.05) is 13.1 Å². The highest BCUT2D eigenvalue weighted by molar-refractivity contribution is 5.76. The van der Waals surface area contributed by atoms with Crippen LogP contribution in [0.2, 0.25) is 0 Å². The highest BCUT2D eigenvalue weighted by Crippen LogP contribution is 2.44. The van der Waals surface area contributed by atoms with Crippen molar-refractivity contribution in [2.24, 2.45) is 5.41 Å². The Morgan fingerprint density at radius 2 is 1.41 bits per heavy atom. The average Bonchev–Trinajstić information content (AvgIpc) is 3.41. The van der Waals surface area contributed by atoms with Crippen LogP contribution < -0.4 is 9.47 Å². The Kier molecular flexibility index (Phi) is 10.5. The zero-order chi connectivity index (χ0) is 32.7. The Hall–Kier alpha value is -4.77. The van der Waals surface area contributed by atoms with Crippen LogP contribution >= 0.6 is 0 Å². The summed E-state index contributed by atoms with van der Waals surface area (Å²) in [6, 6.07) is 19.8. The molecule has 3 aromatic rings. The van der Waals surface area contributed by atoms with E-state index >= 15 is 0 Å². The number of aliphatic carboxylic acids is 2. The Labute approximate surface area is 247 Å². The summed E-state index contributed by atoms with van der Waals surface area (Å²) >= 11 is 0. The summed E-state index contributed by atoms with van der Waals surface area (Å²) in [5, 5.41) is 26.1. The number of nitriles is 1. The third-order valence-corrected chi connectivity index (χ3v) is 6.90. The Morgan fingerprint density at radius 3 is 1.84 bits per heavy atom. The fourth-order valence-electron chi connectivity index (χ4n) is 4.57. The molecule has 14 heteroatoms. The smallest absolute Gasteiger partial charge is 0.490 e. The number of likely N-dealkylation sites (tertiary alicyclic amines) is 1. The summed E-state index contributed by atoms with van der Waals surface area (Å²) in [7, 11) is 1.43. The summed E-state index contributed by atoms with van der Waals surface area (Å²) in [6.45, 7) is -0.604. The molecule has 2 unspecified atom stereocenters. The maximum absolute atomic E-state index is 14.1. The van der Waals surface area contributed by atoms with Gasteiger partial charge in [0.15, 0.2) is 0 Å². The lowest BCUT2D eigenvalue weighted by atomic mass is 9.88. The molecule has 0 radical (unpaired) electrons. The minimum atomic E-state index is -5.08. The molecular formula is C30H26F6N2O6. The second kappa shape index (κ2) is 13.7. The van der Waals surface area contributed by atoms with Gasteiger partial charge < -0.3 is 19.7 Å². The maximum Gasteiger partial charge on any atom is 0.490 e. The van der Waals surface area contributed by atoms with Crippen LogP contribution in [0.1, 0.15) is 23.6 Å². The van der Waals surface area contributed by atoms with Crippen LogP contribution in [0, 0.1) is 16.7 Å². The first kappa shape index (κ1) is 33.7. The lowest BCUT2D eigenvalue weighted by molar-refractivity contribution is -0.192. The van der Waals surface area contributed by atoms with Crippen molar-refractivity contribution < 1.29 is 55.6 Å². The summed E-state index contributed by atoms with van der Waals surface area (Å²) in [4.78, 5) is 22.3. The third kappa shape index (κ3) is 8.41. The summed E-state index contributed by atoms with van der Waals surface area (Å²) in [5.74, 6) is -3.10. The Morgan fingerprint density at radius 1 is 0.909 bits per heavy atom. The molecule has 44 heavy (non-hydrogen) atoms. The molecule has 0 amide bonds. The van der Waals surface area contributed by atoms with Gasteiger partial charge in [0.05, 0.1) is 18.7 Å². The zero-order valence-corrected chi connectivity index (χ0v) is 23.0. The molecule has 4 rings (SSSR count). The predicted molar refractivity (Wildman–Crippen MR) is 144 cm³/mol. The van der Waals surface area contributed by atoms with Gasteiger partial charge in [-0.25, -0.2) is 4.79 Å². The molecule has 2 atom stereocenters. The number of methoxy groups -OCH3 is 1. The first-order chi connectivity index (χ1) is 20.6. The van der Waals surface area contributed by atoms with Crippen LogP contribution in [0.4, 0.5) is 26.3 Å². The number of carboxylic acid groups (broad SMARTS) is 2. The van der Waals surface area contributed by atoms with Crippen molar-refractivity contribution >= 4 is 11.9 Å². The van der Waals surface area contributed by atoms with Crippen molar-refractivity contribution in [2.45, 2.75) is 24.8 Å². The van der Waals surface area contributed by atoms with E-state index in [0.717, 1.165) is 16.0 Å². The second-order valence-corrected chi connectivity index (χ2v) is 9.83. The largest absolute Gasteiger partial charge is 0.497 e. The van der Waals surface area contributed by atoms with Crippen molar-refractivity contribution in [2.75, 3.05) is 26.8 Å². The fraction of sp³-hybridized carbons (Fsp3) is 0.300. The van der Waals surface area contributed by atoms with Crippen molar-refractivity contribution in [1.82, 2.24) is 4.90 Å². The number of benzene rings is 3. The molecule has 1 heterocycles. The molecule has 0 aliphatic carbocycles. The average molecular weight is 625 g/mol. The molecule has 3 aromatic carbocycles. The number of ether oxygens (including phenoxy) is 2. The van der Waals surface area contributed by atoms with E-state index in [4.69, 9.17) is 24.6 Å². The van der Waals surface area contributed by atoms with Gasteiger partial charge in [0.2, 0.25) is 0 Å². The monoisotopic (exact) mass is 624 g/mol. The molecule has 2 N–H and O–H groups in total. The van der Waals surface area contributed by atoms with Gasteiger partial charge in [-0.3, -0.25) is 9.69 Å². The quantitative estimate of drug-likeness (QED) is 0.279. The zero-order valence-electron chi connectivity index (χ0n) is 23.0. The van der Waals surface area contributed by atoms with Gasteiger partial charge in [-0.1, -0.05) is 36.4 Å². The van der Waals surface area contributed by atoms with Gasteiger partial charge >= 0.3 is 24.3 Å². The summed E-state index contributed by atoms with van der Waals surface area (Å²) < 4.78 is 84.8. The van der Waals surface area contributed by atoms with Crippen LogP contribution in [0.25, 0.3) is 11.1 Å². The molecule has 0 bridgehead atoms. The van der Waals surface area contributed by atoms with Crippen LogP contribution in [-0.4, -0.2) is 66.2 Å². The maximum atomic E-state index is 14.1. The van der Waals surface area contributed by atoms with E-state index in [1.54, 1.807) is 36.4 Å². The van der Waals surface area contributed by atoms with E-state index in [2.05, 4.69) is 6.07 Å². The van der Waals surface area contributed by atoms with Gasteiger partial charge in [-0.2, -0.15) is 31.6 Å². The number of hydrogen-bond acceptors (Lipinski definition) is 6. The van der Waals surface area contributed by atoms with Crippen LogP contribution in [0.15, 0.2) is 72.8 Å². The lowest BCUT2D eigenvalue weighted by Gasteiger charge is -2.32. The molecule has 1 aliphatic heterocycles. The molecule has 0 saturated carbocycles. The van der Waals surface area contributed by atoms with Gasteiger partial charge in [0.1, 0.15) is 29.6 Å². The Bertz CT molecular complexity index is 1470. The second-order valence-electron chi connectivity index (χ2n) is 9.83. The number of nitrogens with zero attached hydrogens (tertiary/aromatic N) is 2. The van der Waals surface area contributed by atoms with Crippen LogP contribution in [0.3, 0.4) is 0 Å². The van der Waals surface area contributed by atoms with E-state index in [9.17, 15) is 36.2 Å². The third-order valence-electron chi connectivity index (χ3n) is 6.90. The molecule has 234 valence electrons. The van der Waals surface area contributed by atoms with E-state index < -0.39 is 35.7 Å². The SMILES string of the molecule is COc1ccc(C(N2CCC(COc3ccc(-c4ccc(C#N)cc4)cc3)(C(=O)O)C2)C(F)(F)F)cc1.O=C(O)C(F)(F)F. The molecule has 1 fully saturated rings. The van der Waals surface area contributed by atoms with Crippen molar-refractivity contribution in [3.8, 4) is 28.7 Å². The minimum Gasteiger partial charge on any atom is -0.497 e. The van der Waals surface area contributed by atoms with Gasteiger partial charge in [0.25, 0.3) is 0 Å². The number of carboxylic acids is 2. The first-order valence-electron chi connectivity index (χ1n) is 12.8. The number of halogens is 6. The minimum absolute atomic E-state index is 0.0220. The Balaban J connectivity index is 0.000000676. The number of carbonyl (C=O) groups is 2. The highest BCUT2D eigenvalue weighted by atomic mass is 19.4. The number of hydrogen-bond donors (Lipinski definition) is 2. The van der Waals surface area contributed by atoms with E-state index in [0.29, 0.717) is 17.1 Å². The van der Waals surface area contributed by atoms with E-state index in [1.165, 1.54) is 31.4 Å². The van der Waals surface area contributed by atoms with Gasteiger partial charge in [-0.15, -0.1) is 0 Å². The topological polar surface area (TPSA) is 120 Å². The lowest BCUT2D eigenvalue weighted by Crippen LogP contribution is -2.43. The molecule has 1 aliphatic rings. The summed E-state index contributed by atoms with van der Waals surface area (Å²) in [5.41, 5.74) is 0.865. The molecular weight excluding hydrogens is 598 g/mol. The highest BCUT2D eigenvalue weighted by Gasteiger charge is 2.53. The van der Waals surface area contributed by atoms with Crippen LogP contribution in [-0.2, 0) is 9.59 Å². The van der Waals surface area contributed by atoms with Crippen LogP contribution in [0.5, 0.6) is 11.5 Å². The van der Waals surface area contributed by atoms with Crippen molar-refractivity contribution in [3.05, 3.63) is 83.9 Å². The molecule has 8 nitrogen and oxygen atoms in total. The first-order valence-corrected chi connectivity index (χ1v) is 12.8. The van der Waals surface area contributed by atoms with Crippen molar-refractivity contribution in [1.29, 1.82) is 5.26 Å². The predicted octanol–water partition coefficient (Wildman–Crippen LogP) is 6.33. The van der Waals surface area contributed by atoms with E-state index in [-0.39, 0.29) is 31.7 Å². The van der Waals surface area contributed by atoms with Gasteiger partial charge in [-0.05, 0) is 59.5 Å². The fourth-order valence-corrected chi connectivity index (χ4v) is 4.57. The summed E-state index contributed by atoms with van der Waals surface area (Å²) in [6.07, 6.45) is -9.65. The molecule has 0 spiro atoms. The molecule has 1 saturated heterocycles. The standard InChI is InChI=1S/C28H25F3N2O4.C2HF3O2/c1-36-23-10-8-22(9-11-23)25(28(29,30)31)33-15-14-27(17-33,26(34)35)18-37-24-12-6-21(7-13-24)20-4-2-19(16-32)3-5-20;3-2(4,5)1(6)7/h2-13,25H,14-15,17-18H2,1H3,(H,34,35);(H,6,7). The van der Waals surface area contributed by atoms with E-state index in [1.807, 2.05) is 12.1 Å². The normalized spacial score (nSPS) is 17.5. The number of rotatable bonds is 8. The molecule has 0 aromatic heterocycles.